The summed E-state index contributed by atoms with van der Waals surface area (Å²) in [7, 11) is 1.24. The molecule has 0 spiro atoms. The van der Waals surface area contributed by atoms with Gasteiger partial charge >= 0.3 is 11.9 Å². The van der Waals surface area contributed by atoms with Crippen molar-refractivity contribution in [2.75, 3.05) is 13.7 Å². The van der Waals surface area contributed by atoms with E-state index in [4.69, 9.17) is 25.6 Å². The molecule has 0 bridgehead atoms. The Kier molecular flexibility index (Phi) is 7.78. The third kappa shape index (κ3) is 5.80. The Labute approximate surface area is 173 Å². The molecule has 1 atom stereocenters. The zero-order valence-corrected chi connectivity index (χ0v) is 17.4. The number of halogens is 1. The number of hydrogen-bond acceptors (Lipinski definition) is 7. The summed E-state index contributed by atoms with van der Waals surface area (Å²) in [5, 5.41) is 6.80. The van der Waals surface area contributed by atoms with Crippen LogP contribution in [0, 0.1) is 12.8 Å². The van der Waals surface area contributed by atoms with Crippen LogP contribution in [0.5, 0.6) is 0 Å². The number of ether oxygens (including phenoxy) is 2. The molecule has 0 aliphatic carbocycles. The van der Waals surface area contributed by atoms with Crippen LogP contribution in [0.15, 0.2) is 28.8 Å². The second kappa shape index (κ2) is 10.1. The Balaban J connectivity index is 2.08. The summed E-state index contributed by atoms with van der Waals surface area (Å²) in [5.41, 5.74) is 0.813. The fourth-order valence-corrected chi connectivity index (χ4v) is 2.94. The SMILES string of the molecule is COC(=O)[C@@H](CC(C)C)NC(=O)COC(=O)c1c(-c2ccccc2Cl)noc1C. The molecule has 1 aromatic heterocycles. The predicted molar refractivity (Wildman–Crippen MR) is 105 cm³/mol. The Morgan fingerprint density at radius 3 is 2.55 bits per heavy atom. The minimum Gasteiger partial charge on any atom is -0.467 e. The average molecular weight is 423 g/mol. The quantitative estimate of drug-likeness (QED) is 0.651. The Hall–Kier alpha value is -2.87. The van der Waals surface area contributed by atoms with Gasteiger partial charge in [0, 0.05) is 5.56 Å². The molecule has 0 saturated carbocycles. The zero-order chi connectivity index (χ0) is 21.6. The van der Waals surface area contributed by atoms with Crippen molar-refractivity contribution in [2.45, 2.75) is 33.2 Å². The first-order valence-electron chi connectivity index (χ1n) is 9.00. The number of carbonyl (C=O) groups is 3. The molecular weight excluding hydrogens is 400 g/mol. The molecule has 29 heavy (non-hydrogen) atoms. The van der Waals surface area contributed by atoms with Crippen LogP contribution in [-0.4, -0.2) is 42.8 Å². The number of aryl methyl sites for hydroxylation is 1. The van der Waals surface area contributed by atoms with Crippen molar-refractivity contribution in [2.24, 2.45) is 5.92 Å². The molecule has 0 radical (unpaired) electrons. The summed E-state index contributed by atoms with van der Waals surface area (Å²) in [6.45, 7) is 4.80. The van der Waals surface area contributed by atoms with Crippen LogP contribution >= 0.6 is 11.6 Å². The van der Waals surface area contributed by atoms with Crippen LogP contribution in [0.4, 0.5) is 0 Å². The molecule has 2 aromatic rings. The average Bonchev–Trinajstić information content (AvgIpc) is 3.06. The monoisotopic (exact) mass is 422 g/mol. The number of esters is 2. The molecule has 0 saturated heterocycles. The number of nitrogens with one attached hydrogen (secondary N) is 1. The Bertz CT molecular complexity index is 893. The minimum absolute atomic E-state index is 0.0811. The molecule has 0 fully saturated rings. The largest absolute Gasteiger partial charge is 0.467 e. The van der Waals surface area contributed by atoms with Crippen LogP contribution in [-0.2, 0) is 19.1 Å². The number of methoxy groups -OCH3 is 1. The molecule has 8 nitrogen and oxygen atoms in total. The first-order chi connectivity index (χ1) is 13.7. The highest BCUT2D eigenvalue weighted by atomic mass is 35.5. The lowest BCUT2D eigenvalue weighted by atomic mass is 10.0. The number of nitrogens with zero attached hydrogens (tertiary/aromatic N) is 1. The third-order valence-electron chi connectivity index (χ3n) is 4.06. The van der Waals surface area contributed by atoms with Gasteiger partial charge in [0.2, 0.25) is 0 Å². The number of rotatable bonds is 8. The summed E-state index contributed by atoms with van der Waals surface area (Å²) in [6.07, 6.45) is 0.397. The van der Waals surface area contributed by atoms with Gasteiger partial charge in [-0.05, 0) is 25.3 Å². The van der Waals surface area contributed by atoms with Crippen LogP contribution in [0.1, 0.15) is 36.4 Å². The van der Waals surface area contributed by atoms with Crippen LogP contribution in [0.25, 0.3) is 11.3 Å². The van der Waals surface area contributed by atoms with E-state index in [9.17, 15) is 14.4 Å². The number of hydrogen-bond donors (Lipinski definition) is 1. The van der Waals surface area contributed by atoms with E-state index in [1.807, 2.05) is 13.8 Å². The lowest BCUT2D eigenvalue weighted by molar-refractivity contribution is -0.145. The molecule has 156 valence electrons. The Morgan fingerprint density at radius 2 is 1.93 bits per heavy atom. The first-order valence-corrected chi connectivity index (χ1v) is 9.37. The normalized spacial score (nSPS) is 11.8. The van der Waals surface area contributed by atoms with Crippen molar-refractivity contribution in [1.82, 2.24) is 10.5 Å². The summed E-state index contributed by atoms with van der Waals surface area (Å²) in [4.78, 5) is 36.5. The Morgan fingerprint density at radius 1 is 1.24 bits per heavy atom. The number of amides is 1. The molecule has 1 amide bonds. The first kappa shape index (κ1) is 22.4. The molecule has 9 heteroatoms. The zero-order valence-electron chi connectivity index (χ0n) is 16.7. The van der Waals surface area contributed by atoms with Gasteiger partial charge in [-0.15, -0.1) is 0 Å². The highest BCUT2D eigenvalue weighted by molar-refractivity contribution is 6.33. The maximum Gasteiger partial charge on any atom is 0.344 e. The maximum absolute atomic E-state index is 12.6. The predicted octanol–water partition coefficient (Wildman–Crippen LogP) is 3.16. The fourth-order valence-electron chi connectivity index (χ4n) is 2.72. The van der Waals surface area contributed by atoms with Crippen molar-refractivity contribution in [3.8, 4) is 11.3 Å². The second-order valence-corrected chi connectivity index (χ2v) is 7.20. The lowest BCUT2D eigenvalue weighted by Gasteiger charge is -2.18. The second-order valence-electron chi connectivity index (χ2n) is 6.79. The molecule has 0 aliphatic rings. The fraction of sp³-hybridized carbons (Fsp3) is 0.400. The van der Waals surface area contributed by atoms with Crippen molar-refractivity contribution < 1.29 is 28.4 Å². The van der Waals surface area contributed by atoms with Crippen LogP contribution in [0.3, 0.4) is 0 Å². The van der Waals surface area contributed by atoms with Gasteiger partial charge in [0.05, 0.1) is 12.1 Å². The van der Waals surface area contributed by atoms with Gasteiger partial charge in [-0.1, -0.05) is 48.8 Å². The standard InChI is InChI=1S/C20H23ClN2O6/c1-11(2)9-15(19(25)27-4)22-16(24)10-28-20(26)17-12(3)29-23-18(17)13-7-5-6-8-14(13)21/h5-8,11,15H,9-10H2,1-4H3,(H,22,24)/t15-/m1/s1. The molecule has 0 unspecified atom stereocenters. The van der Waals surface area contributed by atoms with E-state index in [0.29, 0.717) is 17.0 Å². The van der Waals surface area contributed by atoms with Gasteiger partial charge in [-0.2, -0.15) is 0 Å². The lowest BCUT2D eigenvalue weighted by Crippen LogP contribution is -2.44. The highest BCUT2D eigenvalue weighted by Gasteiger charge is 2.26. The van der Waals surface area contributed by atoms with Gasteiger partial charge in [0.15, 0.2) is 6.61 Å². The third-order valence-corrected chi connectivity index (χ3v) is 4.39. The topological polar surface area (TPSA) is 108 Å². The van der Waals surface area contributed by atoms with E-state index in [0.717, 1.165) is 0 Å². The summed E-state index contributed by atoms with van der Waals surface area (Å²) >= 11 is 6.17. The van der Waals surface area contributed by atoms with E-state index < -0.39 is 30.5 Å². The van der Waals surface area contributed by atoms with Gasteiger partial charge in [0.25, 0.3) is 5.91 Å². The number of carbonyl (C=O) groups excluding carboxylic acids is 3. The van der Waals surface area contributed by atoms with Crippen LogP contribution < -0.4 is 5.32 Å². The van der Waals surface area contributed by atoms with Crippen LogP contribution in [0.2, 0.25) is 5.02 Å². The molecule has 1 aromatic carbocycles. The van der Waals surface area contributed by atoms with E-state index >= 15 is 0 Å². The van der Waals surface area contributed by atoms with E-state index in [1.165, 1.54) is 7.11 Å². The van der Waals surface area contributed by atoms with Gasteiger partial charge in [-0.25, -0.2) is 9.59 Å². The molecule has 0 aliphatic heterocycles. The van der Waals surface area contributed by atoms with Gasteiger partial charge < -0.3 is 19.3 Å². The summed E-state index contributed by atoms with van der Waals surface area (Å²) < 4.78 is 14.9. The molecular formula is C20H23ClN2O6. The summed E-state index contributed by atoms with van der Waals surface area (Å²) in [6, 6.07) is 6.02. The molecule has 2 rings (SSSR count). The van der Waals surface area contributed by atoms with Crippen molar-refractivity contribution in [3.63, 3.8) is 0 Å². The smallest absolute Gasteiger partial charge is 0.344 e. The number of aromatic nitrogens is 1. The van der Waals surface area contributed by atoms with Gasteiger partial charge in [0.1, 0.15) is 23.1 Å². The van der Waals surface area contributed by atoms with Crippen molar-refractivity contribution in [1.29, 1.82) is 0 Å². The molecule has 1 heterocycles. The highest BCUT2D eigenvalue weighted by Crippen LogP contribution is 2.31. The minimum atomic E-state index is -0.817. The van der Waals surface area contributed by atoms with Gasteiger partial charge in [-0.3, -0.25) is 4.79 Å². The van der Waals surface area contributed by atoms with E-state index in [1.54, 1.807) is 31.2 Å². The molecule has 1 N–H and O–H groups in total. The maximum atomic E-state index is 12.6. The number of benzene rings is 1. The van der Waals surface area contributed by atoms with E-state index in [-0.39, 0.29) is 22.9 Å². The van der Waals surface area contributed by atoms with E-state index in [2.05, 4.69) is 10.5 Å². The summed E-state index contributed by atoms with van der Waals surface area (Å²) in [5.74, 6) is -1.58. The van der Waals surface area contributed by atoms with Crippen molar-refractivity contribution >= 4 is 29.4 Å². The van der Waals surface area contributed by atoms with Crippen molar-refractivity contribution in [3.05, 3.63) is 40.6 Å².